The molecule has 0 radical (unpaired) electrons. The molecule has 2 fully saturated rings. The maximum atomic E-state index is 12.6. The second-order valence-corrected chi connectivity index (χ2v) is 7.79. The van der Waals surface area contributed by atoms with E-state index in [-0.39, 0.29) is 18.4 Å². The Balaban J connectivity index is 1.67. The number of carbonyl (C=O) groups excluding carboxylic acids is 4. The summed E-state index contributed by atoms with van der Waals surface area (Å²) in [5.74, 6) is -0.938. The number of likely N-dealkylation sites (tertiary alicyclic amines) is 1. The molecule has 0 atom stereocenters. The number of likely N-dealkylation sites (N-methyl/N-ethyl adjacent to an activating group) is 1. The van der Waals surface area contributed by atoms with Crippen molar-refractivity contribution in [1.29, 1.82) is 0 Å². The van der Waals surface area contributed by atoms with Gasteiger partial charge >= 0.3 is 0 Å². The molecule has 3 rings (SSSR count). The number of carbonyl (C=O) groups is 4. The zero-order valence-electron chi connectivity index (χ0n) is 15.4. The van der Waals surface area contributed by atoms with E-state index in [1.54, 1.807) is 36.1 Å². The van der Waals surface area contributed by atoms with Gasteiger partial charge in [0.1, 0.15) is 6.54 Å². The molecule has 148 valence electrons. The molecule has 0 aromatic heterocycles. The number of imide groups is 1. The van der Waals surface area contributed by atoms with Crippen LogP contribution in [0.5, 0.6) is 0 Å². The number of rotatable bonds is 4. The van der Waals surface area contributed by atoms with Gasteiger partial charge in [0.2, 0.25) is 5.91 Å². The van der Waals surface area contributed by atoms with Gasteiger partial charge in [-0.3, -0.25) is 24.1 Å². The van der Waals surface area contributed by atoms with Gasteiger partial charge in [-0.2, -0.15) is 0 Å². The topological polar surface area (TPSA) is 86.8 Å². The molecule has 2 aliphatic rings. The minimum atomic E-state index is -0.437. The van der Waals surface area contributed by atoms with Crippen molar-refractivity contribution >= 4 is 46.3 Å². The van der Waals surface area contributed by atoms with Gasteiger partial charge in [0.05, 0.1) is 15.5 Å². The number of hydrogen-bond donors (Lipinski definition) is 1. The zero-order valence-corrected chi connectivity index (χ0v) is 16.9. The number of hydrogen-bond acceptors (Lipinski definition) is 5. The van der Waals surface area contributed by atoms with Gasteiger partial charge in [-0.1, -0.05) is 23.7 Å². The van der Waals surface area contributed by atoms with Crippen molar-refractivity contribution in [2.24, 2.45) is 0 Å². The average Bonchev–Trinajstić information content (AvgIpc) is 2.96. The lowest BCUT2D eigenvalue weighted by atomic mass is 10.0. The Morgan fingerprint density at radius 1 is 1.18 bits per heavy atom. The van der Waals surface area contributed by atoms with Crippen LogP contribution in [0.15, 0.2) is 34.7 Å². The summed E-state index contributed by atoms with van der Waals surface area (Å²) in [5, 5.41) is 2.55. The number of amides is 4. The molecule has 2 saturated heterocycles. The van der Waals surface area contributed by atoms with Crippen LogP contribution >= 0.6 is 23.4 Å². The minimum Gasteiger partial charge on any atom is -0.355 e. The van der Waals surface area contributed by atoms with E-state index in [9.17, 15) is 19.2 Å². The first-order chi connectivity index (χ1) is 13.4. The molecular weight excluding hydrogens is 402 g/mol. The summed E-state index contributed by atoms with van der Waals surface area (Å²) in [6, 6.07) is 6.89. The van der Waals surface area contributed by atoms with Gasteiger partial charge in [0.25, 0.3) is 17.1 Å². The molecule has 0 spiro atoms. The van der Waals surface area contributed by atoms with Gasteiger partial charge in [0, 0.05) is 19.6 Å². The number of thioether (sulfide) groups is 1. The van der Waals surface area contributed by atoms with E-state index in [1.165, 1.54) is 0 Å². The fraction of sp³-hybridized carbons (Fsp3) is 0.368. The van der Waals surface area contributed by atoms with Crippen LogP contribution in [0.2, 0.25) is 5.02 Å². The van der Waals surface area contributed by atoms with Crippen LogP contribution in [-0.4, -0.2) is 58.9 Å². The maximum Gasteiger partial charge on any atom is 0.294 e. The molecule has 4 amide bonds. The Labute approximate surface area is 172 Å². The predicted octanol–water partition coefficient (Wildman–Crippen LogP) is 2.66. The van der Waals surface area contributed by atoms with Crippen molar-refractivity contribution in [3.05, 3.63) is 45.3 Å². The Morgan fingerprint density at radius 2 is 1.86 bits per heavy atom. The molecule has 7 nitrogen and oxygen atoms in total. The highest BCUT2D eigenvalue weighted by molar-refractivity contribution is 8.18. The lowest BCUT2D eigenvalue weighted by Gasteiger charge is -2.29. The smallest absolute Gasteiger partial charge is 0.294 e. The van der Waals surface area contributed by atoms with Crippen molar-refractivity contribution in [1.82, 2.24) is 15.1 Å². The lowest BCUT2D eigenvalue weighted by molar-refractivity contribution is -0.129. The molecule has 0 unspecified atom stereocenters. The number of piperidine rings is 1. The molecular formula is C19H20ClN3O4S. The van der Waals surface area contributed by atoms with Crippen LogP contribution in [0.25, 0.3) is 0 Å². The fourth-order valence-electron chi connectivity index (χ4n) is 3.16. The van der Waals surface area contributed by atoms with E-state index in [2.05, 4.69) is 5.32 Å². The van der Waals surface area contributed by atoms with Crippen molar-refractivity contribution in [3.8, 4) is 0 Å². The van der Waals surface area contributed by atoms with E-state index >= 15 is 0 Å². The maximum absolute atomic E-state index is 12.6. The highest BCUT2D eigenvalue weighted by Crippen LogP contribution is 2.36. The van der Waals surface area contributed by atoms with Crippen LogP contribution in [0, 0.1) is 0 Å². The fourth-order valence-corrected chi connectivity index (χ4v) is 4.35. The average molecular weight is 422 g/mol. The SMILES string of the molecule is CCNC(=O)CN1C(=O)SC(=C2CCN(C(=O)c3ccccc3Cl)CC2)C1=O. The third kappa shape index (κ3) is 4.23. The number of nitrogens with one attached hydrogen (secondary N) is 1. The molecule has 0 bridgehead atoms. The number of halogens is 1. The monoisotopic (exact) mass is 421 g/mol. The van der Waals surface area contributed by atoms with Crippen molar-refractivity contribution in [2.75, 3.05) is 26.2 Å². The highest BCUT2D eigenvalue weighted by Gasteiger charge is 2.38. The van der Waals surface area contributed by atoms with Gasteiger partial charge in [-0.05, 0) is 49.2 Å². The Morgan fingerprint density at radius 3 is 2.50 bits per heavy atom. The quantitative estimate of drug-likeness (QED) is 0.755. The molecule has 0 saturated carbocycles. The summed E-state index contributed by atoms with van der Waals surface area (Å²) in [6.07, 6.45) is 1.01. The first-order valence-corrected chi connectivity index (χ1v) is 10.2. The summed E-state index contributed by atoms with van der Waals surface area (Å²) in [7, 11) is 0. The number of benzene rings is 1. The molecule has 28 heavy (non-hydrogen) atoms. The number of nitrogens with zero attached hydrogens (tertiary/aromatic N) is 2. The van der Waals surface area contributed by atoms with Crippen molar-refractivity contribution < 1.29 is 19.2 Å². The first-order valence-electron chi connectivity index (χ1n) is 8.98. The predicted molar refractivity (Wildman–Crippen MR) is 107 cm³/mol. The highest BCUT2D eigenvalue weighted by atomic mass is 35.5. The van der Waals surface area contributed by atoms with Crippen LogP contribution in [-0.2, 0) is 9.59 Å². The van der Waals surface area contributed by atoms with Crippen LogP contribution in [0.3, 0.4) is 0 Å². The van der Waals surface area contributed by atoms with E-state index in [1.807, 2.05) is 0 Å². The molecule has 2 heterocycles. The Kier molecular flexibility index (Phi) is 6.41. The summed E-state index contributed by atoms with van der Waals surface area (Å²) < 4.78 is 0. The van der Waals surface area contributed by atoms with Crippen LogP contribution in [0.4, 0.5) is 4.79 Å². The van der Waals surface area contributed by atoms with E-state index < -0.39 is 11.1 Å². The zero-order chi connectivity index (χ0) is 20.3. The van der Waals surface area contributed by atoms with Crippen LogP contribution in [0.1, 0.15) is 30.1 Å². The largest absolute Gasteiger partial charge is 0.355 e. The molecule has 0 aliphatic carbocycles. The minimum absolute atomic E-state index is 0.144. The standard InChI is InChI=1S/C19H20ClN3O4S/c1-2-21-15(24)11-23-18(26)16(28-19(23)27)12-7-9-22(10-8-12)17(25)13-5-3-4-6-14(13)20/h3-6H,2,7-11H2,1H3,(H,21,24). The van der Waals surface area contributed by atoms with Gasteiger partial charge in [-0.15, -0.1) is 0 Å². The molecule has 2 aliphatic heterocycles. The van der Waals surface area contributed by atoms with Gasteiger partial charge in [-0.25, -0.2) is 0 Å². The van der Waals surface area contributed by atoms with Crippen molar-refractivity contribution in [2.45, 2.75) is 19.8 Å². The van der Waals surface area contributed by atoms with Gasteiger partial charge in [0.15, 0.2) is 0 Å². The molecule has 1 N–H and O–H groups in total. The van der Waals surface area contributed by atoms with E-state index in [0.717, 1.165) is 22.2 Å². The summed E-state index contributed by atoms with van der Waals surface area (Å²) in [4.78, 5) is 52.2. The second kappa shape index (κ2) is 8.79. The molecule has 1 aromatic carbocycles. The third-order valence-corrected chi connectivity index (χ3v) is 6.00. The summed E-state index contributed by atoms with van der Waals surface area (Å²) in [6.45, 7) is 2.83. The summed E-state index contributed by atoms with van der Waals surface area (Å²) >= 11 is 6.97. The lowest BCUT2D eigenvalue weighted by Crippen LogP contribution is -2.40. The normalized spacial score (nSPS) is 17.4. The second-order valence-electron chi connectivity index (χ2n) is 6.42. The van der Waals surface area contributed by atoms with Crippen LogP contribution < -0.4 is 5.32 Å². The Bertz CT molecular complexity index is 860. The summed E-state index contributed by atoms with van der Waals surface area (Å²) in [5.41, 5.74) is 1.31. The van der Waals surface area contributed by atoms with E-state index in [4.69, 9.17) is 11.6 Å². The Hall–Kier alpha value is -2.32. The molecule has 1 aromatic rings. The van der Waals surface area contributed by atoms with Crippen molar-refractivity contribution in [3.63, 3.8) is 0 Å². The van der Waals surface area contributed by atoms with Gasteiger partial charge < -0.3 is 10.2 Å². The first kappa shape index (κ1) is 20.4. The molecule has 9 heteroatoms. The van der Waals surface area contributed by atoms with E-state index in [0.29, 0.717) is 48.0 Å². The third-order valence-electron chi connectivity index (χ3n) is 4.60.